The third-order valence-corrected chi connectivity index (χ3v) is 4.91. The minimum absolute atomic E-state index is 0.0753. The summed E-state index contributed by atoms with van der Waals surface area (Å²) in [6, 6.07) is 20.6. The minimum atomic E-state index is -0.214. The van der Waals surface area contributed by atoms with E-state index in [0.29, 0.717) is 6.61 Å². The van der Waals surface area contributed by atoms with Crippen molar-refractivity contribution in [1.29, 1.82) is 0 Å². The largest absolute Gasteiger partial charge is 0.465 e. The van der Waals surface area contributed by atoms with E-state index in [0.717, 1.165) is 18.2 Å². The molecule has 0 aromatic heterocycles. The lowest BCUT2D eigenvalue weighted by atomic mass is 9.86. The molecule has 0 spiro atoms. The molecule has 22 heavy (non-hydrogen) atoms. The Balaban J connectivity index is 1.87. The van der Waals surface area contributed by atoms with Gasteiger partial charge in [-0.25, -0.2) is 0 Å². The second-order valence-corrected chi connectivity index (χ2v) is 6.46. The lowest BCUT2D eigenvalue weighted by molar-refractivity contribution is -0.145. The molecule has 0 amide bonds. The van der Waals surface area contributed by atoms with Gasteiger partial charge in [0.2, 0.25) is 0 Å². The van der Waals surface area contributed by atoms with Crippen molar-refractivity contribution in [3.05, 3.63) is 71.8 Å². The number of benzene rings is 2. The number of carbonyl (C=O) groups is 1. The maximum Gasteiger partial charge on any atom is 0.310 e. The van der Waals surface area contributed by atoms with Crippen LogP contribution >= 0.6 is 15.9 Å². The quantitative estimate of drug-likeness (QED) is 0.436. The van der Waals surface area contributed by atoms with Gasteiger partial charge in [-0.2, -0.15) is 0 Å². The van der Waals surface area contributed by atoms with Gasteiger partial charge in [0.25, 0.3) is 0 Å². The van der Waals surface area contributed by atoms with Gasteiger partial charge in [-0.15, -0.1) is 0 Å². The van der Waals surface area contributed by atoms with E-state index in [1.807, 2.05) is 36.4 Å². The van der Waals surface area contributed by atoms with Crippen molar-refractivity contribution in [3.8, 4) is 0 Å². The normalized spacial score (nSPS) is 18.7. The van der Waals surface area contributed by atoms with Gasteiger partial charge in [0.05, 0.1) is 12.5 Å². The zero-order valence-electron chi connectivity index (χ0n) is 12.4. The standard InChI is InChI=1S/C19H19BrO2/c20-12-7-13-22-18(21)17-14-19(17,15-8-3-1-4-9-15)16-10-5-2-6-11-16/h1-6,8-11,17H,7,12-14H2. The monoisotopic (exact) mass is 358 g/mol. The molecule has 0 heterocycles. The maximum absolute atomic E-state index is 12.4. The van der Waals surface area contributed by atoms with E-state index in [1.54, 1.807) is 0 Å². The van der Waals surface area contributed by atoms with E-state index in [2.05, 4.69) is 40.2 Å². The van der Waals surface area contributed by atoms with Crippen LogP contribution in [0.4, 0.5) is 0 Å². The molecule has 1 atom stereocenters. The molecule has 114 valence electrons. The first-order chi connectivity index (χ1) is 10.8. The predicted octanol–water partition coefficient (Wildman–Crippen LogP) is 4.32. The second-order valence-electron chi connectivity index (χ2n) is 5.67. The van der Waals surface area contributed by atoms with Gasteiger partial charge in [0, 0.05) is 10.7 Å². The Morgan fingerprint density at radius 2 is 1.59 bits per heavy atom. The summed E-state index contributed by atoms with van der Waals surface area (Å²) in [4.78, 5) is 12.4. The van der Waals surface area contributed by atoms with Crippen LogP contribution in [-0.2, 0) is 14.9 Å². The first-order valence-corrected chi connectivity index (χ1v) is 8.75. The number of halogens is 1. The van der Waals surface area contributed by atoms with E-state index in [-0.39, 0.29) is 17.3 Å². The Morgan fingerprint density at radius 3 is 2.09 bits per heavy atom. The summed E-state index contributed by atoms with van der Waals surface area (Å²) in [6.07, 6.45) is 1.68. The highest BCUT2D eigenvalue weighted by Gasteiger charge is 2.61. The zero-order chi connectivity index (χ0) is 15.4. The molecule has 2 aromatic carbocycles. The predicted molar refractivity (Wildman–Crippen MR) is 91.1 cm³/mol. The smallest absolute Gasteiger partial charge is 0.310 e. The van der Waals surface area contributed by atoms with Gasteiger partial charge in [-0.3, -0.25) is 4.79 Å². The number of hydrogen-bond acceptors (Lipinski definition) is 2. The van der Waals surface area contributed by atoms with Crippen molar-refractivity contribution in [2.45, 2.75) is 18.3 Å². The first-order valence-electron chi connectivity index (χ1n) is 7.62. The Hall–Kier alpha value is -1.61. The van der Waals surface area contributed by atoms with Gasteiger partial charge in [0.1, 0.15) is 0 Å². The van der Waals surface area contributed by atoms with Crippen LogP contribution < -0.4 is 0 Å². The van der Waals surface area contributed by atoms with Crippen LogP contribution in [0, 0.1) is 5.92 Å². The van der Waals surface area contributed by atoms with Crippen LogP contribution in [0.5, 0.6) is 0 Å². The summed E-state index contributed by atoms with van der Waals surface area (Å²) in [5.41, 5.74) is 2.18. The number of hydrogen-bond donors (Lipinski definition) is 0. The number of carbonyl (C=O) groups excluding carboxylic acids is 1. The van der Waals surface area contributed by atoms with Crippen LogP contribution in [0.3, 0.4) is 0 Å². The van der Waals surface area contributed by atoms with Crippen molar-refractivity contribution in [2.75, 3.05) is 11.9 Å². The van der Waals surface area contributed by atoms with Crippen LogP contribution in [0.25, 0.3) is 0 Å². The molecular formula is C19H19BrO2. The van der Waals surface area contributed by atoms with Gasteiger partial charge >= 0.3 is 5.97 Å². The Morgan fingerprint density at radius 1 is 1.05 bits per heavy atom. The number of alkyl halides is 1. The minimum Gasteiger partial charge on any atom is -0.465 e. The van der Waals surface area contributed by atoms with E-state index in [1.165, 1.54) is 11.1 Å². The maximum atomic E-state index is 12.4. The molecular weight excluding hydrogens is 340 g/mol. The number of ether oxygens (including phenoxy) is 1. The fraction of sp³-hybridized carbons (Fsp3) is 0.316. The number of esters is 1. The molecule has 3 heteroatoms. The van der Waals surface area contributed by atoms with Gasteiger partial charge in [0.15, 0.2) is 0 Å². The molecule has 0 N–H and O–H groups in total. The molecule has 2 aromatic rings. The van der Waals surface area contributed by atoms with Crippen molar-refractivity contribution < 1.29 is 9.53 Å². The van der Waals surface area contributed by atoms with Crippen LogP contribution in [0.15, 0.2) is 60.7 Å². The summed E-state index contributed by atoms with van der Waals surface area (Å²) in [5, 5.41) is 0.855. The molecule has 0 saturated heterocycles. The lowest BCUT2D eigenvalue weighted by Crippen LogP contribution is -2.19. The van der Waals surface area contributed by atoms with Crippen LogP contribution in [0.1, 0.15) is 24.0 Å². The Labute approximate surface area is 139 Å². The average molecular weight is 359 g/mol. The first kappa shape index (κ1) is 15.3. The molecule has 0 aliphatic heterocycles. The Bertz CT molecular complexity index is 585. The van der Waals surface area contributed by atoms with E-state index in [9.17, 15) is 4.79 Å². The summed E-state index contributed by atoms with van der Waals surface area (Å²) in [6.45, 7) is 0.486. The summed E-state index contributed by atoms with van der Waals surface area (Å²) in [5.74, 6) is -0.152. The average Bonchev–Trinajstić information content (AvgIpc) is 3.34. The second kappa shape index (κ2) is 6.66. The molecule has 1 fully saturated rings. The van der Waals surface area contributed by atoms with E-state index < -0.39 is 0 Å². The van der Waals surface area contributed by atoms with Gasteiger partial charge < -0.3 is 4.74 Å². The molecule has 1 aliphatic carbocycles. The lowest BCUT2D eigenvalue weighted by Gasteiger charge is -2.18. The van der Waals surface area contributed by atoms with Gasteiger partial charge in [-0.1, -0.05) is 76.6 Å². The summed E-state index contributed by atoms with van der Waals surface area (Å²) < 4.78 is 5.44. The number of rotatable bonds is 6. The highest BCUT2D eigenvalue weighted by Crippen LogP contribution is 2.59. The van der Waals surface area contributed by atoms with Crippen molar-refractivity contribution in [2.24, 2.45) is 5.92 Å². The third kappa shape index (κ3) is 2.82. The molecule has 1 unspecified atom stereocenters. The van der Waals surface area contributed by atoms with Crippen LogP contribution in [0.2, 0.25) is 0 Å². The van der Waals surface area contributed by atoms with Crippen molar-refractivity contribution in [1.82, 2.24) is 0 Å². The molecule has 0 radical (unpaired) electrons. The van der Waals surface area contributed by atoms with Crippen molar-refractivity contribution in [3.63, 3.8) is 0 Å². The zero-order valence-corrected chi connectivity index (χ0v) is 14.0. The van der Waals surface area contributed by atoms with E-state index >= 15 is 0 Å². The summed E-state index contributed by atoms with van der Waals surface area (Å²) in [7, 11) is 0. The van der Waals surface area contributed by atoms with E-state index in [4.69, 9.17) is 4.74 Å². The van der Waals surface area contributed by atoms with Gasteiger partial charge in [-0.05, 0) is 24.0 Å². The fourth-order valence-electron chi connectivity index (χ4n) is 3.15. The molecule has 0 bridgehead atoms. The molecule has 3 rings (SSSR count). The SMILES string of the molecule is O=C(OCCCBr)C1CC1(c1ccccc1)c1ccccc1. The molecule has 2 nitrogen and oxygen atoms in total. The van der Waals surface area contributed by atoms with Crippen LogP contribution in [-0.4, -0.2) is 17.9 Å². The molecule has 1 saturated carbocycles. The third-order valence-electron chi connectivity index (χ3n) is 4.35. The summed E-state index contributed by atoms with van der Waals surface area (Å²) >= 11 is 3.36. The topological polar surface area (TPSA) is 26.3 Å². The van der Waals surface area contributed by atoms with Crippen molar-refractivity contribution >= 4 is 21.9 Å². The fourth-order valence-corrected chi connectivity index (χ4v) is 3.38. The highest BCUT2D eigenvalue weighted by molar-refractivity contribution is 9.09. The Kier molecular flexibility index (Phi) is 4.63. The molecule has 1 aliphatic rings. The highest BCUT2D eigenvalue weighted by atomic mass is 79.9.